The van der Waals surface area contributed by atoms with Crippen LogP contribution in [-0.2, 0) is 0 Å². The number of phenols is 2. The number of carbonyl (C=O) groups is 1. The van der Waals surface area contributed by atoms with Crippen molar-refractivity contribution >= 4 is 11.9 Å². The first-order valence-electron chi connectivity index (χ1n) is 6.62. The molecule has 0 unspecified atom stereocenters. The number of phenolic OH excluding ortho intramolecular Hbond substituents is 2. The molecular formula is C17H15FO5. The second-order valence-corrected chi connectivity index (χ2v) is 4.63. The number of carbonyl (C=O) groups excluding carboxylic acids is 1. The Bertz CT molecular complexity index is 768. The normalized spacial score (nSPS) is 10.7. The highest BCUT2D eigenvalue weighted by Crippen LogP contribution is 2.29. The number of aromatic hydroxyl groups is 2. The van der Waals surface area contributed by atoms with Crippen molar-refractivity contribution in [1.29, 1.82) is 0 Å². The fourth-order valence-corrected chi connectivity index (χ4v) is 1.96. The van der Waals surface area contributed by atoms with E-state index in [0.29, 0.717) is 11.5 Å². The molecule has 2 rings (SSSR count). The van der Waals surface area contributed by atoms with Crippen LogP contribution >= 0.6 is 0 Å². The van der Waals surface area contributed by atoms with E-state index in [1.165, 1.54) is 26.4 Å². The molecule has 0 aromatic heterocycles. The maximum atomic E-state index is 13.7. The van der Waals surface area contributed by atoms with E-state index in [1.807, 2.05) is 0 Å². The molecule has 0 saturated heterocycles. The molecule has 0 aliphatic heterocycles. The van der Waals surface area contributed by atoms with Crippen LogP contribution < -0.4 is 9.47 Å². The molecule has 6 heteroatoms. The van der Waals surface area contributed by atoms with E-state index in [9.17, 15) is 19.4 Å². The minimum Gasteiger partial charge on any atom is -0.504 e. The Morgan fingerprint density at radius 3 is 2.43 bits per heavy atom. The Kier molecular flexibility index (Phi) is 4.85. The van der Waals surface area contributed by atoms with Crippen molar-refractivity contribution < 1.29 is 28.9 Å². The number of hydrogen-bond acceptors (Lipinski definition) is 5. The first-order valence-corrected chi connectivity index (χ1v) is 6.62. The fraction of sp³-hybridized carbons (Fsp3) is 0.118. The molecule has 120 valence electrons. The summed E-state index contributed by atoms with van der Waals surface area (Å²) in [6, 6.07) is 6.54. The maximum Gasteiger partial charge on any atom is 0.189 e. The molecular weight excluding hydrogens is 303 g/mol. The number of ether oxygens (including phenoxy) is 2. The van der Waals surface area contributed by atoms with Gasteiger partial charge >= 0.3 is 0 Å². The maximum absolute atomic E-state index is 13.7. The number of allylic oxidation sites excluding steroid dienone is 1. The molecule has 5 nitrogen and oxygen atoms in total. The molecule has 0 amide bonds. The third-order valence-electron chi connectivity index (χ3n) is 3.18. The van der Waals surface area contributed by atoms with Crippen molar-refractivity contribution in [2.45, 2.75) is 0 Å². The van der Waals surface area contributed by atoms with Crippen LogP contribution in [-0.4, -0.2) is 30.2 Å². The van der Waals surface area contributed by atoms with Crippen LogP contribution in [0.5, 0.6) is 23.0 Å². The van der Waals surface area contributed by atoms with Crippen LogP contribution in [0.4, 0.5) is 4.39 Å². The summed E-state index contributed by atoms with van der Waals surface area (Å²) in [5.41, 5.74) is 0.224. The summed E-state index contributed by atoms with van der Waals surface area (Å²) < 4.78 is 23.9. The minimum absolute atomic E-state index is 0.0319. The average molecular weight is 318 g/mol. The first-order chi connectivity index (χ1) is 11.0. The van der Waals surface area contributed by atoms with E-state index in [-0.39, 0.29) is 11.1 Å². The molecule has 2 aromatic carbocycles. The number of benzene rings is 2. The van der Waals surface area contributed by atoms with Gasteiger partial charge in [-0.25, -0.2) is 4.39 Å². The Morgan fingerprint density at radius 2 is 1.78 bits per heavy atom. The van der Waals surface area contributed by atoms with Gasteiger partial charge in [-0.3, -0.25) is 4.79 Å². The third kappa shape index (κ3) is 3.60. The molecule has 2 aromatic rings. The van der Waals surface area contributed by atoms with Crippen molar-refractivity contribution in [2.24, 2.45) is 0 Å². The van der Waals surface area contributed by atoms with Gasteiger partial charge in [0.2, 0.25) is 0 Å². The lowest BCUT2D eigenvalue weighted by atomic mass is 10.1. The van der Waals surface area contributed by atoms with Gasteiger partial charge < -0.3 is 19.7 Å². The number of ketones is 1. The molecule has 0 fully saturated rings. The summed E-state index contributed by atoms with van der Waals surface area (Å²) in [5.74, 6) is -1.39. The van der Waals surface area contributed by atoms with Crippen LogP contribution in [0.1, 0.15) is 15.9 Å². The van der Waals surface area contributed by atoms with Crippen molar-refractivity contribution in [3.8, 4) is 23.0 Å². The summed E-state index contributed by atoms with van der Waals surface area (Å²) in [5, 5.41) is 18.6. The van der Waals surface area contributed by atoms with Crippen molar-refractivity contribution in [2.75, 3.05) is 14.2 Å². The molecule has 2 N–H and O–H groups in total. The zero-order valence-electron chi connectivity index (χ0n) is 12.5. The summed E-state index contributed by atoms with van der Waals surface area (Å²) in [4.78, 5) is 12.3. The van der Waals surface area contributed by atoms with Crippen molar-refractivity contribution in [1.82, 2.24) is 0 Å². The average Bonchev–Trinajstić information content (AvgIpc) is 2.56. The van der Waals surface area contributed by atoms with Gasteiger partial charge in [-0.15, -0.1) is 0 Å². The Labute approximate surface area is 132 Å². The van der Waals surface area contributed by atoms with Crippen molar-refractivity contribution in [3.63, 3.8) is 0 Å². The number of hydrogen-bond donors (Lipinski definition) is 2. The van der Waals surface area contributed by atoms with Crippen LogP contribution in [0.3, 0.4) is 0 Å². The van der Waals surface area contributed by atoms with Gasteiger partial charge in [0.25, 0.3) is 0 Å². The quantitative estimate of drug-likeness (QED) is 0.503. The molecule has 0 saturated carbocycles. The molecule has 0 spiro atoms. The predicted octanol–water partition coefficient (Wildman–Crippen LogP) is 3.15. The SMILES string of the molecule is COc1ccc(OC)c(C(=O)/C=C/c2cc(O)c(O)cc2F)c1. The summed E-state index contributed by atoms with van der Waals surface area (Å²) in [7, 11) is 2.90. The third-order valence-corrected chi connectivity index (χ3v) is 3.18. The van der Waals surface area contributed by atoms with Crippen LogP contribution in [0.2, 0.25) is 0 Å². The number of halogens is 1. The zero-order chi connectivity index (χ0) is 17.0. The molecule has 0 heterocycles. The van der Waals surface area contributed by atoms with E-state index in [2.05, 4.69) is 0 Å². The Morgan fingerprint density at radius 1 is 1.09 bits per heavy atom. The van der Waals surface area contributed by atoms with E-state index in [0.717, 1.165) is 18.2 Å². The molecule has 0 aliphatic rings. The van der Waals surface area contributed by atoms with Gasteiger partial charge in [0, 0.05) is 11.6 Å². The Hall–Kier alpha value is -3.02. The first kappa shape index (κ1) is 16.4. The topological polar surface area (TPSA) is 76.0 Å². The highest BCUT2D eigenvalue weighted by atomic mass is 19.1. The molecule has 0 radical (unpaired) electrons. The second kappa shape index (κ2) is 6.83. The Balaban J connectivity index is 2.34. The highest BCUT2D eigenvalue weighted by molar-refractivity contribution is 6.08. The lowest BCUT2D eigenvalue weighted by Gasteiger charge is -2.08. The number of methoxy groups -OCH3 is 2. The van der Waals surface area contributed by atoms with Gasteiger partial charge in [0.15, 0.2) is 17.3 Å². The van der Waals surface area contributed by atoms with Gasteiger partial charge in [0.1, 0.15) is 17.3 Å². The molecule has 0 aliphatic carbocycles. The standard InChI is InChI=1S/C17H15FO5/c1-22-11-4-6-17(23-2)12(8-11)14(19)5-3-10-7-15(20)16(21)9-13(10)18/h3-9,20-21H,1-2H3/b5-3+. The largest absolute Gasteiger partial charge is 0.504 e. The van der Waals surface area contributed by atoms with Crippen LogP contribution in [0.15, 0.2) is 36.4 Å². The second-order valence-electron chi connectivity index (χ2n) is 4.63. The summed E-state index contributed by atoms with van der Waals surface area (Å²) >= 11 is 0. The van der Waals surface area contributed by atoms with E-state index >= 15 is 0 Å². The lowest BCUT2D eigenvalue weighted by Crippen LogP contribution is -2.00. The van der Waals surface area contributed by atoms with E-state index in [4.69, 9.17) is 9.47 Å². The van der Waals surface area contributed by atoms with Gasteiger partial charge in [-0.05, 0) is 36.4 Å². The highest BCUT2D eigenvalue weighted by Gasteiger charge is 2.12. The van der Waals surface area contributed by atoms with Crippen molar-refractivity contribution in [3.05, 3.63) is 53.4 Å². The van der Waals surface area contributed by atoms with Gasteiger partial charge in [-0.1, -0.05) is 0 Å². The lowest BCUT2D eigenvalue weighted by molar-refractivity contribution is 0.104. The molecule has 23 heavy (non-hydrogen) atoms. The van der Waals surface area contributed by atoms with Crippen LogP contribution in [0.25, 0.3) is 6.08 Å². The van der Waals surface area contributed by atoms with Gasteiger partial charge in [-0.2, -0.15) is 0 Å². The van der Waals surface area contributed by atoms with E-state index in [1.54, 1.807) is 12.1 Å². The summed E-state index contributed by atoms with van der Waals surface area (Å²) in [6.45, 7) is 0. The molecule has 0 atom stereocenters. The summed E-state index contributed by atoms with van der Waals surface area (Å²) in [6.07, 6.45) is 2.35. The predicted molar refractivity (Wildman–Crippen MR) is 82.6 cm³/mol. The smallest absolute Gasteiger partial charge is 0.189 e. The van der Waals surface area contributed by atoms with Gasteiger partial charge in [0.05, 0.1) is 19.8 Å². The minimum atomic E-state index is -0.762. The monoisotopic (exact) mass is 318 g/mol. The van der Waals surface area contributed by atoms with Crippen LogP contribution in [0, 0.1) is 5.82 Å². The van der Waals surface area contributed by atoms with E-state index < -0.39 is 23.1 Å². The zero-order valence-corrected chi connectivity index (χ0v) is 12.5. The fourth-order valence-electron chi connectivity index (χ4n) is 1.96. The number of rotatable bonds is 5. The molecule has 0 bridgehead atoms.